The van der Waals surface area contributed by atoms with Gasteiger partial charge < -0.3 is 10.1 Å². The average Bonchev–Trinajstić information content (AvgIpc) is 2.79. The maximum absolute atomic E-state index is 13.5. The van der Waals surface area contributed by atoms with Gasteiger partial charge in [0.1, 0.15) is 5.75 Å². The number of pyridine rings is 1. The van der Waals surface area contributed by atoms with Crippen LogP contribution in [0.3, 0.4) is 0 Å². The largest absolute Gasteiger partial charge is 0.497 e. The molecule has 0 atom stereocenters. The van der Waals surface area contributed by atoms with Crippen LogP contribution in [0.1, 0.15) is 34.0 Å². The van der Waals surface area contributed by atoms with E-state index in [9.17, 15) is 4.79 Å². The molecule has 0 aliphatic rings. The molecule has 32 heavy (non-hydrogen) atoms. The minimum absolute atomic E-state index is 0.144. The first-order chi connectivity index (χ1) is 15.4. The minimum atomic E-state index is -0.144. The highest BCUT2D eigenvalue weighted by Crippen LogP contribution is 2.30. The first-order valence-electron chi connectivity index (χ1n) is 10.6. The van der Waals surface area contributed by atoms with E-state index in [0.717, 1.165) is 61.2 Å². The van der Waals surface area contributed by atoms with Crippen molar-refractivity contribution in [3.63, 3.8) is 0 Å². The molecule has 0 fully saturated rings. The lowest BCUT2D eigenvalue weighted by molar-refractivity contribution is 0.102. The van der Waals surface area contributed by atoms with Gasteiger partial charge in [-0.15, -0.1) is 0 Å². The first kappa shape index (κ1) is 22.0. The highest BCUT2D eigenvalue weighted by molar-refractivity contribution is 9.10. The first-order valence-corrected chi connectivity index (χ1v) is 11.3. The number of hydrogen-bond donors (Lipinski definition) is 1. The van der Waals surface area contributed by atoms with E-state index in [1.54, 1.807) is 7.11 Å². The average molecular weight is 489 g/mol. The Balaban J connectivity index is 1.85. The van der Waals surface area contributed by atoms with E-state index in [1.807, 2.05) is 68.4 Å². The quantitative estimate of drug-likeness (QED) is 0.325. The Morgan fingerprint density at radius 1 is 1.03 bits per heavy atom. The predicted molar refractivity (Wildman–Crippen MR) is 135 cm³/mol. The van der Waals surface area contributed by atoms with Gasteiger partial charge in [-0.25, -0.2) is 4.98 Å². The fourth-order valence-corrected chi connectivity index (χ4v) is 4.35. The number of rotatable bonds is 5. The fraction of sp³-hybridized carbons (Fsp3) is 0.185. The number of hydrogen-bond acceptors (Lipinski definition) is 3. The number of carbonyl (C=O) groups excluding carboxylic acids is 1. The molecule has 4 rings (SSSR count). The zero-order valence-corrected chi connectivity index (χ0v) is 20.2. The Hall–Kier alpha value is -3.18. The van der Waals surface area contributed by atoms with Crippen molar-refractivity contribution < 1.29 is 9.53 Å². The van der Waals surface area contributed by atoms with Crippen LogP contribution < -0.4 is 10.1 Å². The molecule has 0 bridgehead atoms. The second kappa shape index (κ2) is 9.13. The molecule has 0 saturated carbocycles. The van der Waals surface area contributed by atoms with E-state index in [0.29, 0.717) is 5.56 Å². The molecule has 1 amide bonds. The van der Waals surface area contributed by atoms with Crippen molar-refractivity contribution in [2.75, 3.05) is 12.4 Å². The van der Waals surface area contributed by atoms with Crippen molar-refractivity contribution in [3.05, 3.63) is 87.4 Å². The van der Waals surface area contributed by atoms with Gasteiger partial charge in [0.2, 0.25) is 0 Å². The van der Waals surface area contributed by atoms with Crippen LogP contribution in [0.2, 0.25) is 0 Å². The van der Waals surface area contributed by atoms with Crippen LogP contribution in [-0.4, -0.2) is 18.0 Å². The molecule has 1 aromatic heterocycles. The van der Waals surface area contributed by atoms with Crippen molar-refractivity contribution in [2.45, 2.75) is 27.2 Å². The van der Waals surface area contributed by atoms with Crippen molar-refractivity contribution in [2.24, 2.45) is 0 Å². The Kier molecular flexibility index (Phi) is 6.28. The van der Waals surface area contributed by atoms with Crippen molar-refractivity contribution in [1.82, 2.24) is 4.98 Å². The molecule has 4 nitrogen and oxygen atoms in total. The summed E-state index contributed by atoms with van der Waals surface area (Å²) >= 11 is 3.51. The molecule has 3 aromatic carbocycles. The smallest absolute Gasteiger partial charge is 0.256 e. The second-order valence-corrected chi connectivity index (χ2v) is 8.79. The van der Waals surface area contributed by atoms with Crippen LogP contribution in [0.5, 0.6) is 5.75 Å². The maximum atomic E-state index is 13.5. The van der Waals surface area contributed by atoms with E-state index >= 15 is 0 Å². The maximum Gasteiger partial charge on any atom is 0.256 e. The highest BCUT2D eigenvalue weighted by Gasteiger charge is 2.17. The summed E-state index contributed by atoms with van der Waals surface area (Å²) in [6.07, 6.45) is 0.821. The zero-order chi connectivity index (χ0) is 22.8. The molecule has 0 aliphatic carbocycles. The Morgan fingerprint density at radius 2 is 1.78 bits per heavy atom. The van der Waals surface area contributed by atoms with E-state index in [-0.39, 0.29) is 5.91 Å². The number of aryl methyl sites for hydroxylation is 3. The molecular formula is C27H25BrN2O2. The Bertz CT molecular complexity index is 1310. The molecule has 1 heterocycles. The molecule has 162 valence electrons. The molecule has 5 heteroatoms. The number of aromatic nitrogens is 1. The summed E-state index contributed by atoms with van der Waals surface area (Å²) < 4.78 is 6.27. The number of methoxy groups -OCH3 is 1. The van der Waals surface area contributed by atoms with Gasteiger partial charge in [-0.1, -0.05) is 34.5 Å². The van der Waals surface area contributed by atoms with E-state index in [1.165, 1.54) is 0 Å². The highest BCUT2D eigenvalue weighted by atomic mass is 79.9. The summed E-state index contributed by atoms with van der Waals surface area (Å²) in [4.78, 5) is 18.4. The number of ether oxygens (including phenoxy) is 1. The number of carbonyl (C=O) groups is 1. The van der Waals surface area contributed by atoms with Gasteiger partial charge in [-0.2, -0.15) is 0 Å². The van der Waals surface area contributed by atoms with Crippen LogP contribution in [0.25, 0.3) is 22.2 Å². The standard InChI is InChI=1S/C27H25BrN2O2/c1-5-18-14-20(28)8-11-24(18)30-27(31)23-15-25(19-6-9-21(32-4)10-7-19)29-26-17(3)12-16(2)13-22(23)26/h6-15H,5H2,1-4H3,(H,30,31). The SMILES string of the molecule is CCc1cc(Br)ccc1NC(=O)c1cc(-c2ccc(OC)cc2)nc2c(C)cc(C)cc12. The third-order valence-corrected chi connectivity index (χ3v) is 6.07. The van der Waals surface area contributed by atoms with Gasteiger partial charge in [0.25, 0.3) is 5.91 Å². The summed E-state index contributed by atoms with van der Waals surface area (Å²) in [6.45, 7) is 6.15. The van der Waals surface area contributed by atoms with Gasteiger partial charge in [0.15, 0.2) is 0 Å². The zero-order valence-electron chi connectivity index (χ0n) is 18.6. The molecule has 1 N–H and O–H groups in total. The van der Waals surface area contributed by atoms with E-state index in [4.69, 9.17) is 9.72 Å². The van der Waals surface area contributed by atoms with Crippen molar-refractivity contribution >= 4 is 38.4 Å². The molecule has 0 aliphatic heterocycles. The number of fused-ring (bicyclic) bond motifs is 1. The Labute approximate surface area is 196 Å². The topological polar surface area (TPSA) is 51.2 Å². The summed E-state index contributed by atoms with van der Waals surface area (Å²) in [5, 5.41) is 3.98. The lowest BCUT2D eigenvalue weighted by Crippen LogP contribution is -2.14. The van der Waals surface area contributed by atoms with Gasteiger partial charge in [0.05, 0.1) is 23.9 Å². The van der Waals surface area contributed by atoms with Crippen molar-refractivity contribution in [1.29, 1.82) is 0 Å². The van der Waals surface area contributed by atoms with Gasteiger partial charge in [-0.05, 0) is 86.0 Å². The van der Waals surface area contributed by atoms with E-state index in [2.05, 4.69) is 34.2 Å². The number of nitrogens with zero attached hydrogens (tertiary/aromatic N) is 1. The second-order valence-electron chi connectivity index (χ2n) is 7.87. The molecule has 0 spiro atoms. The summed E-state index contributed by atoms with van der Waals surface area (Å²) in [5.74, 6) is 0.635. The minimum Gasteiger partial charge on any atom is -0.497 e. The molecule has 4 aromatic rings. The summed E-state index contributed by atoms with van der Waals surface area (Å²) in [5.41, 5.74) is 7.17. The number of anilines is 1. The molecule has 0 radical (unpaired) electrons. The predicted octanol–water partition coefficient (Wildman–Crippen LogP) is 7.10. The number of halogens is 1. The van der Waals surface area contributed by atoms with Crippen LogP contribution in [-0.2, 0) is 6.42 Å². The third-order valence-electron chi connectivity index (χ3n) is 5.58. The van der Waals surface area contributed by atoms with Crippen LogP contribution in [0.15, 0.2) is 65.1 Å². The summed E-state index contributed by atoms with van der Waals surface area (Å²) in [7, 11) is 1.64. The van der Waals surface area contributed by atoms with Gasteiger partial charge in [0, 0.05) is 21.1 Å². The van der Waals surface area contributed by atoms with Crippen LogP contribution in [0.4, 0.5) is 5.69 Å². The summed E-state index contributed by atoms with van der Waals surface area (Å²) in [6, 6.07) is 19.6. The number of nitrogens with one attached hydrogen (secondary N) is 1. The van der Waals surface area contributed by atoms with Gasteiger partial charge in [-0.3, -0.25) is 4.79 Å². The normalized spacial score (nSPS) is 10.9. The van der Waals surface area contributed by atoms with Crippen LogP contribution >= 0.6 is 15.9 Å². The van der Waals surface area contributed by atoms with E-state index < -0.39 is 0 Å². The monoisotopic (exact) mass is 488 g/mol. The van der Waals surface area contributed by atoms with Crippen molar-refractivity contribution in [3.8, 4) is 17.0 Å². The number of amides is 1. The molecule has 0 unspecified atom stereocenters. The van der Waals surface area contributed by atoms with Crippen LogP contribution in [0, 0.1) is 13.8 Å². The van der Waals surface area contributed by atoms with Gasteiger partial charge >= 0.3 is 0 Å². The fourth-order valence-electron chi connectivity index (χ4n) is 3.94. The Morgan fingerprint density at radius 3 is 2.47 bits per heavy atom. The third kappa shape index (κ3) is 4.39. The number of benzene rings is 3. The molecule has 0 saturated heterocycles. The lowest BCUT2D eigenvalue weighted by atomic mass is 9.99. The molecular weight excluding hydrogens is 464 g/mol. The lowest BCUT2D eigenvalue weighted by Gasteiger charge is -2.15.